The van der Waals surface area contributed by atoms with E-state index in [4.69, 9.17) is 0 Å². The maximum absolute atomic E-state index is 12.7. The summed E-state index contributed by atoms with van der Waals surface area (Å²) >= 11 is 0. The molecule has 0 heterocycles. The number of hydrogen-bond acceptors (Lipinski definition) is 2. The van der Waals surface area contributed by atoms with E-state index in [0.29, 0.717) is 11.1 Å². The molecule has 0 aliphatic heterocycles. The Kier molecular flexibility index (Phi) is 7.02. The van der Waals surface area contributed by atoms with Crippen LogP contribution in [0.5, 0.6) is 0 Å². The fraction of sp³-hybridized carbons (Fsp3) is 0.381. The molecular formula is C21H26O2. The molecule has 0 amide bonds. The number of unbranched alkanes of at least 4 members (excludes halogenated alkanes) is 4. The average molecular weight is 310 g/mol. The molecule has 23 heavy (non-hydrogen) atoms. The van der Waals surface area contributed by atoms with Crippen molar-refractivity contribution in [2.45, 2.75) is 51.6 Å². The number of aliphatic hydroxyl groups is 1. The van der Waals surface area contributed by atoms with E-state index < -0.39 is 6.10 Å². The molecule has 2 nitrogen and oxygen atoms in total. The number of carbonyl (C=O) groups excluding carboxylic acids is 1. The van der Waals surface area contributed by atoms with Crippen LogP contribution in [0.2, 0.25) is 0 Å². The monoisotopic (exact) mass is 310 g/mol. The molecule has 0 bridgehead atoms. The van der Waals surface area contributed by atoms with Gasteiger partial charge in [0.15, 0.2) is 5.78 Å². The summed E-state index contributed by atoms with van der Waals surface area (Å²) in [5.74, 6) is -0.208. The first-order valence-electron chi connectivity index (χ1n) is 8.59. The molecule has 2 aromatic rings. The largest absolute Gasteiger partial charge is 0.380 e. The first-order chi connectivity index (χ1) is 11.2. The topological polar surface area (TPSA) is 37.3 Å². The van der Waals surface area contributed by atoms with Crippen LogP contribution < -0.4 is 0 Å². The zero-order valence-electron chi connectivity index (χ0n) is 13.9. The predicted octanol–water partition coefficient (Wildman–Crippen LogP) is 5.12. The van der Waals surface area contributed by atoms with E-state index in [-0.39, 0.29) is 5.78 Å². The first kappa shape index (κ1) is 17.4. The van der Waals surface area contributed by atoms with E-state index in [0.717, 1.165) is 18.4 Å². The van der Waals surface area contributed by atoms with Crippen LogP contribution in [-0.4, -0.2) is 10.9 Å². The molecule has 0 fully saturated rings. The third kappa shape index (κ3) is 5.04. The van der Waals surface area contributed by atoms with Crippen LogP contribution in [0, 0.1) is 0 Å². The quantitative estimate of drug-likeness (QED) is 0.516. The Morgan fingerprint density at radius 1 is 0.913 bits per heavy atom. The van der Waals surface area contributed by atoms with E-state index >= 15 is 0 Å². The highest BCUT2D eigenvalue weighted by molar-refractivity contribution is 6.01. The fourth-order valence-electron chi connectivity index (χ4n) is 2.83. The van der Waals surface area contributed by atoms with E-state index in [9.17, 15) is 9.90 Å². The van der Waals surface area contributed by atoms with Crippen LogP contribution in [0.1, 0.15) is 66.6 Å². The number of aryl methyl sites for hydroxylation is 1. The van der Waals surface area contributed by atoms with Gasteiger partial charge in [0.05, 0.1) is 0 Å². The Balaban J connectivity index is 2.05. The highest BCUT2D eigenvalue weighted by atomic mass is 16.3. The maximum Gasteiger partial charge on any atom is 0.196 e. The number of rotatable bonds is 9. The number of hydrogen-bond donors (Lipinski definition) is 1. The number of benzene rings is 2. The van der Waals surface area contributed by atoms with Gasteiger partial charge < -0.3 is 5.11 Å². The fourth-order valence-corrected chi connectivity index (χ4v) is 2.83. The molecule has 0 saturated heterocycles. The second-order valence-corrected chi connectivity index (χ2v) is 6.00. The Morgan fingerprint density at radius 3 is 2.30 bits per heavy atom. The molecule has 0 aliphatic carbocycles. The molecule has 1 unspecified atom stereocenters. The molecule has 0 spiro atoms. The number of carbonyl (C=O) groups is 1. The van der Waals surface area contributed by atoms with Crippen molar-refractivity contribution in [2.75, 3.05) is 0 Å². The number of ketones is 1. The first-order valence-corrected chi connectivity index (χ1v) is 8.59. The molecule has 2 heteroatoms. The summed E-state index contributed by atoms with van der Waals surface area (Å²) in [6, 6.07) is 16.8. The number of Topliss-reactive ketones (excluding diaryl/α,β-unsaturated/α-hetero) is 1. The van der Waals surface area contributed by atoms with Crippen molar-refractivity contribution in [3.63, 3.8) is 0 Å². The lowest BCUT2D eigenvalue weighted by Crippen LogP contribution is -2.14. The van der Waals surface area contributed by atoms with Crippen molar-refractivity contribution in [1.29, 1.82) is 0 Å². The van der Waals surface area contributed by atoms with Crippen LogP contribution >= 0.6 is 0 Å². The van der Waals surface area contributed by atoms with Gasteiger partial charge in [0.1, 0.15) is 6.10 Å². The average Bonchev–Trinajstić information content (AvgIpc) is 2.61. The minimum atomic E-state index is -1.09. The zero-order chi connectivity index (χ0) is 16.5. The van der Waals surface area contributed by atoms with Crippen molar-refractivity contribution in [1.82, 2.24) is 0 Å². The minimum absolute atomic E-state index is 0.208. The molecule has 2 aromatic carbocycles. The van der Waals surface area contributed by atoms with Crippen molar-refractivity contribution in [3.05, 3.63) is 71.3 Å². The maximum atomic E-state index is 12.7. The van der Waals surface area contributed by atoms with Crippen LogP contribution in [0.25, 0.3) is 0 Å². The minimum Gasteiger partial charge on any atom is -0.380 e. The zero-order valence-corrected chi connectivity index (χ0v) is 13.9. The molecule has 122 valence electrons. The molecule has 0 radical (unpaired) electrons. The Morgan fingerprint density at radius 2 is 1.57 bits per heavy atom. The van der Waals surface area contributed by atoms with Gasteiger partial charge in [-0.1, -0.05) is 87.2 Å². The van der Waals surface area contributed by atoms with Gasteiger partial charge in [-0.25, -0.2) is 0 Å². The molecule has 0 aromatic heterocycles. The molecular weight excluding hydrogens is 284 g/mol. The van der Waals surface area contributed by atoms with Crippen LogP contribution in [0.4, 0.5) is 0 Å². The third-order valence-electron chi connectivity index (χ3n) is 4.20. The highest BCUT2D eigenvalue weighted by Crippen LogP contribution is 2.22. The van der Waals surface area contributed by atoms with Gasteiger partial charge in [0.25, 0.3) is 0 Å². The summed E-state index contributed by atoms with van der Waals surface area (Å²) in [5, 5.41) is 10.4. The second kappa shape index (κ2) is 9.26. The lowest BCUT2D eigenvalue weighted by molar-refractivity contribution is 0.0746. The van der Waals surface area contributed by atoms with E-state index in [1.807, 2.05) is 42.5 Å². The molecule has 0 aliphatic rings. The molecule has 0 saturated carbocycles. The van der Waals surface area contributed by atoms with Gasteiger partial charge in [-0.05, 0) is 24.0 Å². The van der Waals surface area contributed by atoms with Gasteiger partial charge in [0, 0.05) is 5.56 Å². The van der Waals surface area contributed by atoms with E-state index in [1.165, 1.54) is 25.7 Å². The molecule has 1 N–H and O–H groups in total. The van der Waals surface area contributed by atoms with Gasteiger partial charge >= 0.3 is 0 Å². The number of aliphatic hydroxyl groups excluding tert-OH is 1. The lowest BCUT2D eigenvalue weighted by atomic mass is 9.93. The third-order valence-corrected chi connectivity index (χ3v) is 4.20. The van der Waals surface area contributed by atoms with Crippen LogP contribution in [0.15, 0.2) is 54.6 Å². The SMILES string of the molecule is CCCCCCCc1ccccc1C(=O)C(O)c1ccccc1. The summed E-state index contributed by atoms with van der Waals surface area (Å²) in [6.45, 7) is 2.21. The predicted molar refractivity (Wildman–Crippen MR) is 94.6 cm³/mol. The standard InChI is InChI=1S/C21H26O2/c1-2-3-4-5-7-12-17-13-10-11-16-19(17)21(23)20(22)18-14-8-6-9-15-18/h6,8-11,13-16,20,22H,2-5,7,12H2,1H3. The second-order valence-electron chi connectivity index (χ2n) is 6.00. The smallest absolute Gasteiger partial charge is 0.196 e. The Labute approximate surface area is 139 Å². The van der Waals surface area contributed by atoms with Crippen molar-refractivity contribution in [3.8, 4) is 0 Å². The summed E-state index contributed by atoms with van der Waals surface area (Å²) in [6.07, 6.45) is 5.85. The summed E-state index contributed by atoms with van der Waals surface area (Å²) in [5.41, 5.74) is 2.35. The van der Waals surface area contributed by atoms with Crippen LogP contribution in [-0.2, 0) is 6.42 Å². The van der Waals surface area contributed by atoms with E-state index in [1.54, 1.807) is 12.1 Å². The summed E-state index contributed by atoms with van der Waals surface area (Å²) in [4.78, 5) is 12.7. The van der Waals surface area contributed by atoms with Gasteiger partial charge in [0.2, 0.25) is 0 Å². The lowest BCUT2D eigenvalue weighted by Gasteiger charge is -2.13. The van der Waals surface area contributed by atoms with Gasteiger partial charge in [-0.2, -0.15) is 0 Å². The van der Waals surface area contributed by atoms with Crippen molar-refractivity contribution in [2.24, 2.45) is 0 Å². The van der Waals surface area contributed by atoms with Gasteiger partial charge in [-0.3, -0.25) is 4.79 Å². The Hall–Kier alpha value is -1.93. The van der Waals surface area contributed by atoms with E-state index in [2.05, 4.69) is 6.92 Å². The molecule has 1 atom stereocenters. The van der Waals surface area contributed by atoms with Gasteiger partial charge in [-0.15, -0.1) is 0 Å². The summed E-state index contributed by atoms with van der Waals surface area (Å²) in [7, 11) is 0. The van der Waals surface area contributed by atoms with Crippen molar-refractivity contribution < 1.29 is 9.90 Å². The Bertz CT molecular complexity index is 604. The highest BCUT2D eigenvalue weighted by Gasteiger charge is 2.21. The summed E-state index contributed by atoms with van der Waals surface area (Å²) < 4.78 is 0. The molecule has 2 rings (SSSR count). The van der Waals surface area contributed by atoms with Crippen molar-refractivity contribution >= 4 is 5.78 Å². The normalized spacial score (nSPS) is 12.1. The van der Waals surface area contributed by atoms with Crippen LogP contribution in [0.3, 0.4) is 0 Å².